The first-order valence-corrected chi connectivity index (χ1v) is 7.23. The van der Waals surface area contributed by atoms with E-state index in [1.54, 1.807) is 0 Å². The van der Waals surface area contributed by atoms with Crippen molar-refractivity contribution in [3.63, 3.8) is 0 Å². The summed E-state index contributed by atoms with van der Waals surface area (Å²) in [6.07, 6.45) is 0. The van der Waals surface area contributed by atoms with Gasteiger partial charge in [0, 0.05) is 26.2 Å². The van der Waals surface area contributed by atoms with Crippen LogP contribution in [0.1, 0.15) is 27.8 Å². The molecule has 0 radical (unpaired) electrons. The normalized spacial score (nSPS) is 9.78. The largest absolute Gasteiger partial charge is 0.165 e. The Morgan fingerprint density at radius 2 is 1.43 bits per heavy atom. The monoisotopic (exact) mass is 423 g/mol. The van der Waals surface area contributed by atoms with Crippen LogP contribution >= 0.6 is 24.8 Å². The third kappa shape index (κ3) is 3.95. The van der Waals surface area contributed by atoms with Gasteiger partial charge in [0.05, 0.1) is 0 Å². The van der Waals surface area contributed by atoms with Crippen molar-refractivity contribution in [1.29, 1.82) is 0 Å². The Balaban J connectivity index is 0.00000161. The van der Waals surface area contributed by atoms with Crippen LogP contribution in [0.5, 0.6) is 0 Å². The fourth-order valence-electron chi connectivity index (χ4n) is 3.21. The van der Waals surface area contributed by atoms with E-state index in [2.05, 4.69) is 71.0 Å². The molecule has 3 heteroatoms. The van der Waals surface area contributed by atoms with Gasteiger partial charge in [0.1, 0.15) is 0 Å². The molecule has 23 heavy (non-hydrogen) atoms. The first-order chi connectivity index (χ1) is 9.49. The zero-order chi connectivity index (χ0) is 14.4. The zero-order valence-electron chi connectivity index (χ0n) is 14.3. The molecule has 0 unspecified atom stereocenters. The predicted molar refractivity (Wildman–Crippen MR) is 103 cm³/mol. The molecule has 0 aliphatic rings. The number of rotatable bonds is 1. The standard InChI is InChI=1S/C20H21.2ClH.Zr/c1-12-7-6-8-17(9-12)20-16(5)14(3)15(4)18-10-13(2)11-19(18)20;;;/h6-11H,1-5H3;2*1H;/q-1;;;. The van der Waals surface area contributed by atoms with E-state index in [4.69, 9.17) is 0 Å². The van der Waals surface area contributed by atoms with Gasteiger partial charge in [-0.2, -0.15) is 6.07 Å². The molecule has 0 spiro atoms. The van der Waals surface area contributed by atoms with Gasteiger partial charge in [0.25, 0.3) is 0 Å². The Morgan fingerprint density at radius 3 is 2.04 bits per heavy atom. The maximum Gasteiger partial charge on any atom is 0 e. The van der Waals surface area contributed by atoms with Crippen LogP contribution in [0, 0.1) is 34.6 Å². The van der Waals surface area contributed by atoms with E-state index < -0.39 is 0 Å². The molecule has 122 valence electrons. The van der Waals surface area contributed by atoms with E-state index in [1.165, 1.54) is 49.7 Å². The average Bonchev–Trinajstić information content (AvgIpc) is 2.78. The SMILES string of the molecule is Cc1cccc(-c2c(C)c(C)c(C)c3[cH-]c(C)cc23)c1.Cl.Cl.[Zr]. The minimum absolute atomic E-state index is 0. The molecule has 0 atom stereocenters. The number of aryl methyl sites for hydroxylation is 3. The molecule has 0 nitrogen and oxygen atoms in total. The van der Waals surface area contributed by atoms with E-state index in [-0.39, 0.29) is 51.0 Å². The summed E-state index contributed by atoms with van der Waals surface area (Å²) in [4.78, 5) is 0. The Hall–Kier alpha value is -0.487. The molecule has 0 N–H and O–H groups in total. The number of hydrogen-bond acceptors (Lipinski definition) is 0. The molecule has 3 rings (SSSR count). The Morgan fingerprint density at radius 1 is 0.783 bits per heavy atom. The van der Waals surface area contributed by atoms with Crippen LogP contribution in [-0.4, -0.2) is 0 Å². The second-order valence-corrected chi connectivity index (χ2v) is 5.98. The Bertz CT molecular complexity index is 816. The first kappa shape index (κ1) is 22.5. The van der Waals surface area contributed by atoms with Crippen LogP contribution in [0.15, 0.2) is 36.4 Å². The van der Waals surface area contributed by atoms with Crippen LogP contribution in [0.2, 0.25) is 0 Å². The second kappa shape index (κ2) is 8.56. The molecule has 0 aliphatic heterocycles. The molecule has 0 saturated heterocycles. The average molecular weight is 426 g/mol. The van der Waals surface area contributed by atoms with Crippen molar-refractivity contribution in [2.24, 2.45) is 0 Å². The molecule has 3 aromatic rings. The van der Waals surface area contributed by atoms with Crippen molar-refractivity contribution in [1.82, 2.24) is 0 Å². The fraction of sp³-hybridized carbons (Fsp3) is 0.250. The van der Waals surface area contributed by atoms with Gasteiger partial charge in [0.2, 0.25) is 0 Å². The summed E-state index contributed by atoms with van der Waals surface area (Å²) in [7, 11) is 0. The van der Waals surface area contributed by atoms with Crippen LogP contribution < -0.4 is 0 Å². The molecule has 0 saturated carbocycles. The van der Waals surface area contributed by atoms with Crippen molar-refractivity contribution < 1.29 is 26.2 Å². The maximum atomic E-state index is 2.33. The molecular formula is C20H23Cl2Zr-. The number of benzene rings is 2. The van der Waals surface area contributed by atoms with Crippen LogP contribution in [-0.2, 0) is 26.2 Å². The Kier molecular flexibility index (Phi) is 8.38. The van der Waals surface area contributed by atoms with Gasteiger partial charge < -0.3 is 0 Å². The van der Waals surface area contributed by atoms with Crippen molar-refractivity contribution in [2.75, 3.05) is 0 Å². The van der Waals surface area contributed by atoms with Crippen LogP contribution in [0.4, 0.5) is 0 Å². The van der Waals surface area contributed by atoms with Gasteiger partial charge in [-0.1, -0.05) is 60.4 Å². The smallest absolute Gasteiger partial charge is 0 e. The van der Waals surface area contributed by atoms with Crippen molar-refractivity contribution >= 4 is 35.6 Å². The van der Waals surface area contributed by atoms with Crippen molar-refractivity contribution in [3.8, 4) is 11.1 Å². The number of halogens is 2. The summed E-state index contributed by atoms with van der Waals surface area (Å²) in [5.41, 5.74) is 9.65. The molecule has 0 fully saturated rings. The predicted octanol–water partition coefficient (Wildman–Crippen LogP) is 6.61. The van der Waals surface area contributed by atoms with Gasteiger partial charge in [-0.05, 0) is 26.3 Å². The first-order valence-electron chi connectivity index (χ1n) is 7.23. The molecule has 0 bridgehead atoms. The van der Waals surface area contributed by atoms with Gasteiger partial charge in [-0.15, -0.1) is 52.8 Å². The molecule has 0 amide bonds. The maximum absolute atomic E-state index is 2.33. The van der Waals surface area contributed by atoms with Gasteiger partial charge in [0.15, 0.2) is 0 Å². The molecule has 0 aromatic heterocycles. The van der Waals surface area contributed by atoms with E-state index in [0.29, 0.717) is 0 Å². The van der Waals surface area contributed by atoms with Crippen LogP contribution in [0.25, 0.3) is 21.9 Å². The van der Waals surface area contributed by atoms with Gasteiger partial charge in [-0.25, -0.2) is 0 Å². The summed E-state index contributed by atoms with van der Waals surface area (Å²) in [6, 6.07) is 13.5. The third-order valence-corrected chi connectivity index (χ3v) is 4.51. The fourth-order valence-corrected chi connectivity index (χ4v) is 3.21. The summed E-state index contributed by atoms with van der Waals surface area (Å²) in [5.74, 6) is 0. The second-order valence-electron chi connectivity index (χ2n) is 5.98. The minimum Gasteiger partial charge on any atom is -0.165 e. The number of fused-ring (bicyclic) bond motifs is 1. The molecule has 0 heterocycles. The summed E-state index contributed by atoms with van der Waals surface area (Å²) >= 11 is 0. The van der Waals surface area contributed by atoms with Gasteiger partial charge in [-0.3, -0.25) is 0 Å². The van der Waals surface area contributed by atoms with Crippen molar-refractivity contribution in [2.45, 2.75) is 34.6 Å². The topological polar surface area (TPSA) is 0 Å². The molecular weight excluding hydrogens is 402 g/mol. The number of hydrogen-bond donors (Lipinski definition) is 0. The van der Waals surface area contributed by atoms with Crippen LogP contribution in [0.3, 0.4) is 0 Å². The van der Waals surface area contributed by atoms with Gasteiger partial charge >= 0.3 is 0 Å². The van der Waals surface area contributed by atoms with E-state index >= 15 is 0 Å². The quantitative estimate of drug-likeness (QED) is 0.385. The zero-order valence-corrected chi connectivity index (χ0v) is 18.4. The van der Waals surface area contributed by atoms with E-state index in [1.807, 2.05) is 0 Å². The summed E-state index contributed by atoms with van der Waals surface area (Å²) in [5, 5.41) is 2.80. The molecule has 3 aromatic carbocycles. The minimum atomic E-state index is 0. The van der Waals surface area contributed by atoms with Crippen molar-refractivity contribution in [3.05, 3.63) is 64.2 Å². The summed E-state index contributed by atoms with van der Waals surface area (Å²) in [6.45, 7) is 11.1. The van der Waals surface area contributed by atoms with E-state index in [0.717, 1.165) is 0 Å². The third-order valence-electron chi connectivity index (χ3n) is 4.51. The Labute approximate surface area is 171 Å². The molecule has 0 aliphatic carbocycles. The summed E-state index contributed by atoms with van der Waals surface area (Å²) < 4.78 is 0. The van der Waals surface area contributed by atoms with E-state index in [9.17, 15) is 0 Å².